The molecule has 1 aromatic rings. The lowest BCUT2D eigenvalue weighted by molar-refractivity contribution is 0.111. The van der Waals surface area contributed by atoms with Crippen LogP contribution in [0.5, 0.6) is 5.88 Å². The second kappa shape index (κ2) is 5.31. The maximum atomic E-state index is 5.72. The Kier molecular flexibility index (Phi) is 4.28. The van der Waals surface area contributed by atoms with Crippen molar-refractivity contribution in [2.45, 2.75) is 26.3 Å². The summed E-state index contributed by atoms with van der Waals surface area (Å²) >= 11 is 0. The van der Waals surface area contributed by atoms with Crippen molar-refractivity contribution in [1.29, 1.82) is 0 Å². The topological polar surface area (TPSA) is 50.3 Å². The number of hydrogen-bond donors (Lipinski definition) is 1. The molecule has 96 valence electrons. The normalized spacial score (nSPS) is 11.7. The Morgan fingerprint density at radius 1 is 1.35 bits per heavy atom. The number of aryl methyl sites for hydroxylation is 1. The van der Waals surface area contributed by atoms with Gasteiger partial charge in [0.15, 0.2) is 0 Å². The smallest absolute Gasteiger partial charge is 0.218 e. The van der Waals surface area contributed by atoms with E-state index in [0.717, 1.165) is 5.82 Å². The Morgan fingerprint density at radius 3 is 2.53 bits per heavy atom. The van der Waals surface area contributed by atoms with E-state index in [2.05, 4.69) is 34.0 Å². The maximum Gasteiger partial charge on any atom is 0.218 e. The zero-order valence-electron chi connectivity index (χ0n) is 11.5. The van der Waals surface area contributed by atoms with E-state index in [-0.39, 0.29) is 5.54 Å². The fraction of sp³-hybridized carbons (Fsp3) is 0.667. The van der Waals surface area contributed by atoms with E-state index < -0.39 is 0 Å². The van der Waals surface area contributed by atoms with Crippen LogP contribution in [0.2, 0.25) is 0 Å². The number of nitrogens with one attached hydrogen (secondary N) is 1. The first-order valence-electron chi connectivity index (χ1n) is 5.69. The van der Waals surface area contributed by atoms with Gasteiger partial charge in [0.25, 0.3) is 0 Å². The number of rotatable bonds is 5. The van der Waals surface area contributed by atoms with E-state index in [1.807, 2.05) is 28.1 Å². The number of hydrogen-bond acceptors (Lipinski definition) is 5. The zero-order valence-corrected chi connectivity index (χ0v) is 11.5. The van der Waals surface area contributed by atoms with E-state index in [1.54, 1.807) is 6.07 Å². The summed E-state index contributed by atoms with van der Waals surface area (Å²) in [6, 6.07) is 1.80. The molecule has 0 saturated heterocycles. The first kappa shape index (κ1) is 13.7. The Hall–Kier alpha value is -1.36. The monoisotopic (exact) mass is 238 g/mol. The van der Waals surface area contributed by atoms with Gasteiger partial charge in [-0.1, -0.05) is 0 Å². The third-order valence-electron chi connectivity index (χ3n) is 2.85. The van der Waals surface area contributed by atoms with Crippen LogP contribution in [0, 0.1) is 6.92 Å². The summed E-state index contributed by atoms with van der Waals surface area (Å²) in [4.78, 5) is 10.6. The van der Waals surface area contributed by atoms with Crippen LogP contribution in [-0.4, -0.2) is 48.2 Å². The Labute approximate surface area is 103 Å². The van der Waals surface area contributed by atoms with Crippen LogP contribution in [0.4, 0.5) is 5.82 Å². The SMILES string of the molecule is CNc1cc(OCC(C)(C)N(C)C)nc(C)n1. The molecule has 1 rings (SSSR count). The molecule has 0 bridgehead atoms. The molecule has 5 nitrogen and oxygen atoms in total. The number of anilines is 1. The lowest BCUT2D eigenvalue weighted by Gasteiger charge is -2.31. The summed E-state index contributed by atoms with van der Waals surface area (Å²) in [7, 11) is 5.90. The highest BCUT2D eigenvalue weighted by Crippen LogP contribution is 2.16. The average molecular weight is 238 g/mol. The summed E-state index contributed by atoms with van der Waals surface area (Å²) in [6.45, 7) is 6.68. The Balaban J connectivity index is 2.72. The lowest BCUT2D eigenvalue weighted by atomic mass is 10.1. The molecule has 0 amide bonds. The van der Waals surface area contributed by atoms with Crippen LogP contribution in [0.1, 0.15) is 19.7 Å². The first-order valence-corrected chi connectivity index (χ1v) is 5.69. The van der Waals surface area contributed by atoms with E-state index in [1.165, 1.54) is 0 Å². The maximum absolute atomic E-state index is 5.72. The van der Waals surface area contributed by atoms with Gasteiger partial charge in [-0.25, -0.2) is 4.98 Å². The molecule has 1 N–H and O–H groups in total. The molecular weight excluding hydrogens is 216 g/mol. The van der Waals surface area contributed by atoms with Crippen molar-refractivity contribution in [3.05, 3.63) is 11.9 Å². The minimum absolute atomic E-state index is 0.0291. The van der Waals surface area contributed by atoms with Crippen molar-refractivity contribution in [3.8, 4) is 5.88 Å². The summed E-state index contributed by atoms with van der Waals surface area (Å²) in [6.07, 6.45) is 0. The molecule has 0 aromatic carbocycles. The van der Waals surface area contributed by atoms with Gasteiger partial charge in [0, 0.05) is 18.7 Å². The van der Waals surface area contributed by atoms with Gasteiger partial charge in [-0.2, -0.15) is 4.98 Å². The van der Waals surface area contributed by atoms with Crippen LogP contribution < -0.4 is 10.1 Å². The Bertz CT molecular complexity index is 377. The third-order valence-corrected chi connectivity index (χ3v) is 2.85. The number of aromatic nitrogens is 2. The zero-order chi connectivity index (χ0) is 13.1. The van der Waals surface area contributed by atoms with Crippen molar-refractivity contribution >= 4 is 5.82 Å². The minimum Gasteiger partial charge on any atom is -0.476 e. The molecule has 0 aliphatic carbocycles. The molecule has 0 radical (unpaired) electrons. The van der Waals surface area contributed by atoms with E-state index in [0.29, 0.717) is 18.3 Å². The van der Waals surface area contributed by atoms with Gasteiger partial charge in [-0.3, -0.25) is 0 Å². The summed E-state index contributed by atoms with van der Waals surface area (Å²) in [5, 5.41) is 2.99. The van der Waals surface area contributed by atoms with Crippen molar-refractivity contribution in [2.24, 2.45) is 0 Å². The van der Waals surface area contributed by atoms with Gasteiger partial charge >= 0.3 is 0 Å². The van der Waals surface area contributed by atoms with Crippen LogP contribution in [0.25, 0.3) is 0 Å². The molecule has 1 heterocycles. The van der Waals surface area contributed by atoms with Gasteiger partial charge in [0.05, 0.1) is 0 Å². The molecule has 0 aliphatic heterocycles. The van der Waals surface area contributed by atoms with Gasteiger partial charge < -0.3 is 15.0 Å². The Morgan fingerprint density at radius 2 is 2.00 bits per heavy atom. The molecule has 5 heteroatoms. The second-order valence-electron chi connectivity index (χ2n) is 4.88. The highest BCUT2D eigenvalue weighted by molar-refractivity contribution is 5.37. The minimum atomic E-state index is -0.0291. The molecule has 0 unspecified atom stereocenters. The molecule has 1 aromatic heterocycles. The number of nitrogens with zero attached hydrogens (tertiary/aromatic N) is 3. The quantitative estimate of drug-likeness (QED) is 0.843. The third kappa shape index (κ3) is 3.85. The number of likely N-dealkylation sites (N-methyl/N-ethyl adjacent to an activating group) is 1. The lowest BCUT2D eigenvalue weighted by Crippen LogP contribution is -2.43. The second-order valence-corrected chi connectivity index (χ2v) is 4.88. The highest BCUT2D eigenvalue weighted by atomic mass is 16.5. The summed E-state index contributed by atoms with van der Waals surface area (Å²) < 4.78 is 5.72. The van der Waals surface area contributed by atoms with E-state index in [9.17, 15) is 0 Å². The van der Waals surface area contributed by atoms with Gasteiger partial charge in [0.2, 0.25) is 5.88 Å². The molecule has 0 saturated carbocycles. The highest BCUT2D eigenvalue weighted by Gasteiger charge is 2.21. The van der Waals surface area contributed by atoms with Gasteiger partial charge in [-0.15, -0.1) is 0 Å². The fourth-order valence-corrected chi connectivity index (χ4v) is 1.12. The van der Waals surface area contributed by atoms with Crippen LogP contribution in [-0.2, 0) is 0 Å². The van der Waals surface area contributed by atoms with Crippen molar-refractivity contribution < 1.29 is 4.74 Å². The molecular formula is C12H22N4O. The fourth-order valence-electron chi connectivity index (χ4n) is 1.12. The summed E-state index contributed by atoms with van der Waals surface area (Å²) in [5.41, 5.74) is -0.0291. The van der Waals surface area contributed by atoms with Crippen LogP contribution in [0.3, 0.4) is 0 Å². The first-order chi connectivity index (χ1) is 7.85. The standard InChI is InChI=1S/C12H22N4O/c1-9-14-10(13-4)7-11(15-9)17-8-12(2,3)16(5)6/h7H,8H2,1-6H3,(H,13,14,15). The van der Waals surface area contributed by atoms with Crippen LogP contribution in [0.15, 0.2) is 6.07 Å². The molecule has 17 heavy (non-hydrogen) atoms. The predicted octanol–water partition coefficient (Wildman–Crippen LogP) is 1.55. The number of ether oxygens (including phenoxy) is 1. The molecule has 0 atom stereocenters. The molecule has 0 fully saturated rings. The van der Waals surface area contributed by atoms with E-state index >= 15 is 0 Å². The average Bonchev–Trinajstić information content (AvgIpc) is 2.25. The van der Waals surface area contributed by atoms with Crippen molar-refractivity contribution in [2.75, 3.05) is 33.1 Å². The van der Waals surface area contributed by atoms with E-state index in [4.69, 9.17) is 4.74 Å². The largest absolute Gasteiger partial charge is 0.476 e. The predicted molar refractivity (Wildman–Crippen MR) is 69.6 cm³/mol. The van der Waals surface area contributed by atoms with Crippen molar-refractivity contribution in [1.82, 2.24) is 14.9 Å². The summed E-state index contributed by atoms with van der Waals surface area (Å²) in [5.74, 6) is 2.08. The van der Waals surface area contributed by atoms with Gasteiger partial charge in [-0.05, 0) is 34.9 Å². The van der Waals surface area contributed by atoms with Crippen LogP contribution >= 0.6 is 0 Å². The molecule has 0 aliphatic rings. The van der Waals surface area contributed by atoms with Gasteiger partial charge in [0.1, 0.15) is 18.2 Å². The molecule has 0 spiro atoms. The van der Waals surface area contributed by atoms with Crippen molar-refractivity contribution in [3.63, 3.8) is 0 Å².